The smallest absolute Gasteiger partial charge is 0.277 e. The van der Waals surface area contributed by atoms with E-state index in [1.54, 1.807) is 44.6 Å². The number of ether oxygens (including phenoxy) is 2. The second kappa shape index (κ2) is 12.9. The van der Waals surface area contributed by atoms with Crippen molar-refractivity contribution < 1.29 is 18.3 Å². The zero-order chi connectivity index (χ0) is 29.7. The molecule has 10 heteroatoms. The molecule has 0 saturated heterocycles. The van der Waals surface area contributed by atoms with E-state index in [9.17, 15) is 13.6 Å². The summed E-state index contributed by atoms with van der Waals surface area (Å²) in [7, 11) is 1.74. The fourth-order valence-electron chi connectivity index (χ4n) is 4.99. The average Bonchev–Trinajstić information content (AvgIpc) is 2.96. The zero-order valence-corrected chi connectivity index (χ0v) is 24.4. The summed E-state index contributed by atoms with van der Waals surface area (Å²) < 4.78 is 40.0. The first-order chi connectivity index (χ1) is 19.6. The maximum atomic E-state index is 14.0. The van der Waals surface area contributed by atoms with Crippen LogP contribution in [0, 0.1) is 25.5 Å². The Bertz CT molecular complexity index is 1580. The number of allylic oxidation sites excluding steroid dienone is 2. The van der Waals surface area contributed by atoms with Crippen LogP contribution in [0.3, 0.4) is 0 Å². The van der Waals surface area contributed by atoms with Crippen LogP contribution in [0.1, 0.15) is 61.7 Å². The standard InChI is InChI=1S/C31H33ClF2N4O3/c1-19(9-12-35-22(4)31(40-5)10-7-6-8-11-31)25-15-27(20(2)16-36-25)38-21(3)13-28(29(32)30(38)39)41-18-26-24(34)14-23(33)17-37-26/h9,12-17H,1,6-8,10-11,18H2,2-5H3/b12-9-,35-22+. The molecule has 1 saturated carbocycles. The molecule has 3 aromatic heterocycles. The van der Waals surface area contributed by atoms with Gasteiger partial charge in [-0.15, -0.1) is 0 Å². The van der Waals surface area contributed by atoms with E-state index in [2.05, 4.69) is 21.5 Å². The molecule has 0 atom stereocenters. The van der Waals surface area contributed by atoms with Gasteiger partial charge in [-0.2, -0.15) is 0 Å². The highest BCUT2D eigenvalue weighted by molar-refractivity contribution is 6.31. The van der Waals surface area contributed by atoms with Gasteiger partial charge in [-0.3, -0.25) is 24.3 Å². The molecule has 0 spiro atoms. The van der Waals surface area contributed by atoms with Crippen LogP contribution >= 0.6 is 11.6 Å². The highest BCUT2D eigenvalue weighted by atomic mass is 35.5. The largest absolute Gasteiger partial charge is 0.485 e. The van der Waals surface area contributed by atoms with Gasteiger partial charge in [0, 0.05) is 43.0 Å². The van der Waals surface area contributed by atoms with E-state index in [0.29, 0.717) is 28.7 Å². The van der Waals surface area contributed by atoms with Crippen molar-refractivity contribution in [2.45, 2.75) is 65.1 Å². The SMILES string of the molecule is C=C(/C=C\N=C(/C)C1(OC)CCCCC1)c1cc(-n2c(C)cc(OCc3ncc(F)cc3F)c(Cl)c2=O)c(C)cn1. The minimum absolute atomic E-state index is 0.0650. The lowest BCUT2D eigenvalue weighted by atomic mass is 9.81. The van der Waals surface area contributed by atoms with Crippen LogP contribution in [-0.4, -0.2) is 33.0 Å². The van der Waals surface area contributed by atoms with E-state index < -0.39 is 17.2 Å². The maximum Gasteiger partial charge on any atom is 0.277 e. The van der Waals surface area contributed by atoms with Crippen molar-refractivity contribution >= 4 is 22.9 Å². The van der Waals surface area contributed by atoms with Crippen molar-refractivity contribution in [1.82, 2.24) is 14.5 Å². The van der Waals surface area contributed by atoms with Crippen LogP contribution in [-0.2, 0) is 11.3 Å². The molecular weight excluding hydrogens is 550 g/mol. The molecule has 0 bridgehead atoms. The molecule has 7 nitrogen and oxygen atoms in total. The summed E-state index contributed by atoms with van der Waals surface area (Å²) in [5.74, 6) is -1.58. The number of aliphatic imine (C=N–C) groups is 1. The molecule has 1 fully saturated rings. The Morgan fingerprint density at radius 2 is 1.90 bits per heavy atom. The van der Waals surface area contributed by atoms with Gasteiger partial charge in [0.1, 0.15) is 34.5 Å². The van der Waals surface area contributed by atoms with Gasteiger partial charge in [0.2, 0.25) is 0 Å². The summed E-state index contributed by atoms with van der Waals surface area (Å²) in [4.78, 5) is 26.2. The number of aryl methyl sites for hydroxylation is 2. The number of halogens is 3. The third-order valence-electron chi connectivity index (χ3n) is 7.45. The second-order valence-electron chi connectivity index (χ2n) is 10.1. The quantitative estimate of drug-likeness (QED) is 0.199. The summed E-state index contributed by atoms with van der Waals surface area (Å²) in [5, 5.41) is -0.186. The predicted octanol–water partition coefficient (Wildman–Crippen LogP) is 7.09. The Morgan fingerprint density at radius 3 is 2.59 bits per heavy atom. The van der Waals surface area contributed by atoms with Crippen molar-refractivity contribution in [1.29, 1.82) is 0 Å². The number of hydrogen-bond donors (Lipinski definition) is 0. The molecule has 0 N–H and O–H groups in total. The minimum Gasteiger partial charge on any atom is -0.485 e. The zero-order valence-electron chi connectivity index (χ0n) is 23.6. The van der Waals surface area contributed by atoms with Crippen LogP contribution in [0.15, 0.2) is 59.2 Å². The fourth-order valence-corrected chi connectivity index (χ4v) is 5.18. The van der Waals surface area contributed by atoms with Crippen molar-refractivity contribution in [2.24, 2.45) is 4.99 Å². The third-order valence-corrected chi connectivity index (χ3v) is 7.80. The highest BCUT2D eigenvalue weighted by Crippen LogP contribution is 2.33. The monoisotopic (exact) mass is 582 g/mol. The summed E-state index contributed by atoms with van der Waals surface area (Å²) in [5.41, 5.74) is 3.00. The summed E-state index contributed by atoms with van der Waals surface area (Å²) in [6.07, 6.45) is 11.4. The molecule has 4 rings (SSSR count). The molecule has 0 radical (unpaired) electrons. The molecule has 1 aliphatic carbocycles. The van der Waals surface area contributed by atoms with Gasteiger partial charge < -0.3 is 9.47 Å². The first-order valence-corrected chi connectivity index (χ1v) is 13.7. The molecule has 0 aliphatic heterocycles. The van der Waals surface area contributed by atoms with Crippen LogP contribution in [0.4, 0.5) is 8.78 Å². The van der Waals surface area contributed by atoms with Crippen molar-refractivity contribution in [3.8, 4) is 11.4 Å². The Kier molecular flexibility index (Phi) is 9.50. The van der Waals surface area contributed by atoms with Crippen LogP contribution < -0.4 is 10.3 Å². The molecule has 3 aromatic rings. The maximum absolute atomic E-state index is 14.0. The first kappa shape index (κ1) is 30.3. The van der Waals surface area contributed by atoms with Gasteiger partial charge in [0.25, 0.3) is 5.56 Å². The highest BCUT2D eigenvalue weighted by Gasteiger charge is 2.34. The minimum atomic E-state index is -0.853. The Morgan fingerprint density at radius 1 is 1.17 bits per heavy atom. The van der Waals surface area contributed by atoms with Gasteiger partial charge >= 0.3 is 0 Å². The first-order valence-electron chi connectivity index (χ1n) is 13.3. The van der Waals surface area contributed by atoms with E-state index in [4.69, 9.17) is 21.1 Å². The average molecular weight is 583 g/mol. The van der Waals surface area contributed by atoms with E-state index in [1.165, 1.54) is 11.0 Å². The van der Waals surface area contributed by atoms with E-state index in [0.717, 1.165) is 43.2 Å². The number of hydrogen-bond acceptors (Lipinski definition) is 6. The molecule has 0 unspecified atom stereocenters. The topological polar surface area (TPSA) is 78.6 Å². The molecular formula is C31H33ClF2N4O3. The van der Waals surface area contributed by atoms with Crippen molar-refractivity contribution in [3.05, 3.63) is 99.1 Å². The van der Waals surface area contributed by atoms with Gasteiger partial charge in [0.05, 0.1) is 17.6 Å². The van der Waals surface area contributed by atoms with Crippen LogP contribution in [0.25, 0.3) is 11.3 Å². The third kappa shape index (κ3) is 6.63. The summed E-state index contributed by atoms with van der Waals surface area (Å²) in [6, 6.07) is 4.05. The molecule has 3 heterocycles. The lowest BCUT2D eigenvalue weighted by Gasteiger charge is -2.35. The number of rotatable bonds is 9. The summed E-state index contributed by atoms with van der Waals surface area (Å²) >= 11 is 6.39. The molecule has 216 valence electrons. The second-order valence-corrected chi connectivity index (χ2v) is 10.5. The van der Waals surface area contributed by atoms with E-state index in [-0.39, 0.29) is 28.7 Å². The van der Waals surface area contributed by atoms with E-state index in [1.807, 2.05) is 13.8 Å². The van der Waals surface area contributed by atoms with Crippen LogP contribution in [0.2, 0.25) is 5.02 Å². The van der Waals surface area contributed by atoms with Gasteiger partial charge in [-0.05, 0) is 56.9 Å². The number of nitrogens with zero attached hydrogens (tertiary/aromatic N) is 4. The fraction of sp³-hybridized carbons (Fsp3) is 0.355. The molecule has 41 heavy (non-hydrogen) atoms. The number of methoxy groups -OCH3 is 1. The van der Waals surface area contributed by atoms with E-state index >= 15 is 0 Å². The normalized spacial score (nSPS) is 15.3. The van der Waals surface area contributed by atoms with Crippen LogP contribution in [0.5, 0.6) is 5.75 Å². The number of pyridine rings is 3. The van der Waals surface area contributed by atoms with Crippen molar-refractivity contribution in [2.75, 3.05) is 7.11 Å². The lowest BCUT2D eigenvalue weighted by Crippen LogP contribution is -2.41. The predicted molar refractivity (Wildman–Crippen MR) is 157 cm³/mol. The Labute approximate surface area is 243 Å². The number of aromatic nitrogens is 3. The molecule has 0 amide bonds. The van der Waals surface area contributed by atoms with Crippen molar-refractivity contribution in [3.63, 3.8) is 0 Å². The van der Waals surface area contributed by atoms with Gasteiger partial charge in [-0.25, -0.2) is 8.78 Å². The Hall–Kier alpha value is -3.69. The Balaban J connectivity index is 1.57. The lowest BCUT2D eigenvalue weighted by molar-refractivity contribution is 0.0188. The van der Waals surface area contributed by atoms with Gasteiger partial charge in [-0.1, -0.05) is 37.4 Å². The molecule has 1 aliphatic rings. The van der Waals surface area contributed by atoms with Gasteiger partial charge in [0.15, 0.2) is 5.82 Å². The molecule has 0 aromatic carbocycles. The summed E-state index contributed by atoms with van der Waals surface area (Å²) in [6.45, 7) is 9.36.